The maximum Gasteiger partial charge on any atom is 0.0599 e. The molecule has 4 nitrogen and oxygen atoms in total. The Hall–Kier alpha value is -0.160. The number of aliphatic hydroxyl groups is 1. The van der Waals surface area contributed by atoms with Crippen LogP contribution in [0.25, 0.3) is 0 Å². The van der Waals surface area contributed by atoms with Gasteiger partial charge in [-0.1, -0.05) is 0 Å². The van der Waals surface area contributed by atoms with E-state index < -0.39 is 0 Å². The van der Waals surface area contributed by atoms with Crippen molar-refractivity contribution in [3.63, 3.8) is 0 Å². The molecule has 2 unspecified atom stereocenters. The topological polar surface area (TPSA) is 58.7 Å². The van der Waals surface area contributed by atoms with Gasteiger partial charge in [-0.25, -0.2) is 0 Å². The van der Waals surface area contributed by atoms with Crippen LogP contribution in [0.15, 0.2) is 0 Å². The van der Waals surface area contributed by atoms with E-state index in [1.165, 1.54) is 0 Å². The maximum absolute atomic E-state index is 9.05. The number of nitrogens with two attached hydrogens (primary N) is 1. The molecule has 78 valence electrons. The molecule has 1 aliphatic rings. The second-order valence-electron chi connectivity index (χ2n) is 3.68. The minimum atomic E-state index is 0.141. The largest absolute Gasteiger partial charge is 0.395 e. The van der Waals surface area contributed by atoms with E-state index in [0.29, 0.717) is 12.5 Å². The van der Waals surface area contributed by atoms with Crippen LogP contribution in [-0.4, -0.2) is 56.0 Å². The molecule has 0 aromatic heterocycles. The van der Waals surface area contributed by atoms with Crippen LogP contribution in [0.3, 0.4) is 0 Å². The molecule has 13 heavy (non-hydrogen) atoms. The average molecular weight is 188 g/mol. The van der Waals surface area contributed by atoms with Gasteiger partial charge in [-0.2, -0.15) is 0 Å². The third-order valence-electron chi connectivity index (χ3n) is 2.72. The molecule has 2 atom stereocenters. The lowest BCUT2D eigenvalue weighted by Gasteiger charge is -2.24. The Labute approximate surface area is 79.7 Å². The van der Waals surface area contributed by atoms with Crippen molar-refractivity contribution in [2.24, 2.45) is 11.7 Å². The molecule has 3 N–H and O–H groups in total. The summed E-state index contributed by atoms with van der Waals surface area (Å²) in [5.74, 6) is 0.616. The zero-order chi connectivity index (χ0) is 9.68. The van der Waals surface area contributed by atoms with Gasteiger partial charge in [-0.05, 0) is 18.9 Å². The molecule has 0 spiro atoms. The van der Waals surface area contributed by atoms with E-state index in [1.807, 2.05) is 0 Å². The van der Waals surface area contributed by atoms with Crippen molar-refractivity contribution >= 4 is 0 Å². The average Bonchev–Trinajstić information content (AvgIpc) is 2.56. The monoisotopic (exact) mass is 188 g/mol. The fraction of sp³-hybridized carbons (Fsp3) is 1.00. The number of nitrogens with zero attached hydrogens (tertiary/aromatic N) is 1. The highest BCUT2D eigenvalue weighted by Crippen LogP contribution is 2.18. The van der Waals surface area contributed by atoms with Gasteiger partial charge >= 0.3 is 0 Å². The molecular formula is C9H20N2O2. The summed E-state index contributed by atoms with van der Waals surface area (Å²) in [5.41, 5.74) is 5.55. The van der Waals surface area contributed by atoms with Crippen molar-refractivity contribution in [2.45, 2.75) is 12.5 Å². The SMILES string of the molecule is COCC1CCN(C(CN)CO)C1. The molecule has 0 aliphatic carbocycles. The van der Waals surface area contributed by atoms with E-state index >= 15 is 0 Å². The quantitative estimate of drug-likeness (QED) is 0.597. The van der Waals surface area contributed by atoms with Crippen LogP contribution in [0.2, 0.25) is 0 Å². The van der Waals surface area contributed by atoms with Crippen molar-refractivity contribution in [1.82, 2.24) is 4.90 Å². The number of ether oxygens (including phenoxy) is 1. The maximum atomic E-state index is 9.05. The first-order valence-electron chi connectivity index (χ1n) is 4.85. The highest BCUT2D eigenvalue weighted by molar-refractivity contribution is 4.81. The molecule has 1 fully saturated rings. The van der Waals surface area contributed by atoms with Crippen molar-refractivity contribution in [3.05, 3.63) is 0 Å². The van der Waals surface area contributed by atoms with Crippen LogP contribution < -0.4 is 5.73 Å². The van der Waals surface area contributed by atoms with Crippen LogP contribution in [-0.2, 0) is 4.74 Å². The Morgan fingerprint density at radius 3 is 3.00 bits per heavy atom. The van der Waals surface area contributed by atoms with Gasteiger partial charge in [0, 0.05) is 26.2 Å². The van der Waals surface area contributed by atoms with E-state index in [0.717, 1.165) is 26.1 Å². The molecule has 1 aliphatic heterocycles. The lowest BCUT2D eigenvalue weighted by molar-refractivity contribution is 0.126. The molecular weight excluding hydrogens is 168 g/mol. The summed E-state index contributed by atoms with van der Waals surface area (Å²) >= 11 is 0. The predicted molar refractivity (Wildman–Crippen MR) is 51.5 cm³/mol. The van der Waals surface area contributed by atoms with E-state index in [2.05, 4.69) is 4.90 Å². The number of hydrogen-bond donors (Lipinski definition) is 2. The standard InChI is InChI=1S/C9H20N2O2/c1-13-7-8-2-3-11(5-8)9(4-10)6-12/h8-9,12H,2-7,10H2,1H3. The van der Waals surface area contributed by atoms with Crippen LogP contribution in [0.1, 0.15) is 6.42 Å². The third kappa shape index (κ3) is 2.91. The van der Waals surface area contributed by atoms with E-state index in [1.54, 1.807) is 7.11 Å². The minimum absolute atomic E-state index is 0.141. The zero-order valence-corrected chi connectivity index (χ0v) is 8.28. The highest BCUT2D eigenvalue weighted by Gasteiger charge is 2.26. The number of likely N-dealkylation sites (tertiary alicyclic amines) is 1. The first kappa shape index (κ1) is 10.9. The summed E-state index contributed by atoms with van der Waals surface area (Å²) in [5, 5.41) is 9.05. The second kappa shape index (κ2) is 5.54. The normalized spacial score (nSPS) is 26.5. The highest BCUT2D eigenvalue weighted by atomic mass is 16.5. The Bertz CT molecular complexity index is 140. The lowest BCUT2D eigenvalue weighted by atomic mass is 10.1. The van der Waals surface area contributed by atoms with Gasteiger partial charge < -0.3 is 15.6 Å². The fourth-order valence-corrected chi connectivity index (χ4v) is 1.91. The molecule has 1 saturated heterocycles. The molecule has 4 heteroatoms. The van der Waals surface area contributed by atoms with Crippen LogP contribution in [0.4, 0.5) is 0 Å². The van der Waals surface area contributed by atoms with E-state index in [-0.39, 0.29) is 12.6 Å². The molecule has 1 heterocycles. The summed E-state index contributed by atoms with van der Waals surface area (Å²) in [4.78, 5) is 2.25. The number of methoxy groups -OCH3 is 1. The predicted octanol–water partition coefficient (Wildman–Crippen LogP) is -0.726. The summed E-state index contributed by atoms with van der Waals surface area (Å²) in [6.07, 6.45) is 1.16. The Morgan fingerprint density at radius 1 is 1.69 bits per heavy atom. The molecule has 0 saturated carbocycles. The fourth-order valence-electron chi connectivity index (χ4n) is 1.91. The summed E-state index contributed by atoms with van der Waals surface area (Å²) in [7, 11) is 1.73. The van der Waals surface area contributed by atoms with Crippen molar-refractivity contribution in [2.75, 3.05) is 40.0 Å². The van der Waals surface area contributed by atoms with Gasteiger partial charge in [0.05, 0.1) is 13.2 Å². The molecule has 0 aromatic rings. The zero-order valence-electron chi connectivity index (χ0n) is 8.28. The molecule has 0 radical (unpaired) electrons. The van der Waals surface area contributed by atoms with Crippen molar-refractivity contribution < 1.29 is 9.84 Å². The van der Waals surface area contributed by atoms with Crippen molar-refractivity contribution in [1.29, 1.82) is 0 Å². The molecule has 0 amide bonds. The van der Waals surface area contributed by atoms with Crippen molar-refractivity contribution in [3.8, 4) is 0 Å². The van der Waals surface area contributed by atoms with Crippen LogP contribution in [0.5, 0.6) is 0 Å². The van der Waals surface area contributed by atoms with Crippen LogP contribution in [0, 0.1) is 5.92 Å². The third-order valence-corrected chi connectivity index (χ3v) is 2.72. The minimum Gasteiger partial charge on any atom is -0.395 e. The second-order valence-corrected chi connectivity index (χ2v) is 3.68. The van der Waals surface area contributed by atoms with Gasteiger partial charge in [-0.3, -0.25) is 4.90 Å². The Balaban J connectivity index is 2.30. The Kier molecular flexibility index (Phi) is 4.66. The van der Waals surface area contributed by atoms with Gasteiger partial charge in [0.1, 0.15) is 0 Å². The molecule has 0 bridgehead atoms. The summed E-state index contributed by atoms with van der Waals surface area (Å²) < 4.78 is 5.10. The molecule has 0 aromatic carbocycles. The first-order chi connectivity index (χ1) is 6.31. The van der Waals surface area contributed by atoms with Gasteiger partial charge in [0.15, 0.2) is 0 Å². The van der Waals surface area contributed by atoms with Gasteiger partial charge in [0.25, 0.3) is 0 Å². The van der Waals surface area contributed by atoms with Gasteiger partial charge in [-0.15, -0.1) is 0 Å². The Morgan fingerprint density at radius 2 is 2.46 bits per heavy atom. The number of hydrogen-bond acceptors (Lipinski definition) is 4. The van der Waals surface area contributed by atoms with Gasteiger partial charge in [0.2, 0.25) is 0 Å². The summed E-state index contributed by atoms with van der Waals surface area (Å²) in [6.45, 7) is 3.57. The van der Waals surface area contributed by atoms with E-state index in [4.69, 9.17) is 15.6 Å². The number of rotatable bonds is 5. The van der Waals surface area contributed by atoms with E-state index in [9.17, 15) is 0 Å². The lowest BCUT2D eigenvalue weighted by Crippen LogP contribution is -2.41. The summed E-state index contributed by atoms with van der Waals surface area (Å²) in [6, 6.07) is 0.141. The smallest absolute Gasteiger partial charge is 0.0599 e. The number of aliphatic hydroxyl groups excluding tert-OH is 1. The molecule has 1 rings (SSSR count). The van der Waals surface area contributed by atoms with Crippen LogP contribution >= 0.6 is 0 Å². The first-order valence-corrected chi connectivity index (χ1v) is 4.85.